The second-order valence-corrected chi connectivity index (χ2v) is 10.4. The van der Waals surface area contributed by atoms with Crippen molar-refractivity contribution in [2.24, 2.45) is 0 Å². The first-order valence-electron chi connectivity index (χ1n) is 8.69. The molecule has 0 aliphatic rings. The molecule has 14 heteroatoms. The van der Waals surface area contributed by atoms with Crippen LogP contribution in [0.2, 0.25) is 0 Å². The van der Waals surface area contributed by atoms with Crippen LogP contribution < -0.4 is 5.32 Å². The van der Waals surface area contributed by atoms with Crippen molar-refractivity contribution in [3.63, 3.8) is 0 Å². The van der Waals surface area contributed by atoms with E-state index in [0.717, 1.165) is 0 Å². The summed E-state index contributed by atoms with van der Waals surface area (Å²) in [5.41, 5.74) is 0.162. The molecule has 3 N–H and O–H groups in total. The van der Waals surface area contributed by atoms with E-state index in [1.54, 1.807) is 19.1 Å². The minimum atomic E-state index is -5.08. The van der Waals surface area contributed by atoms with E-state index < -0.39 is 33.9 Å². The third-order valence-electron chi connectivity index (χ3n) is 3.14. The van der Waals surface area contributed by atoms with Gasteiger partial charge in [-0.2, -0.15) is 13.2 Å². The highest BCUT2D eigenvalue weighted by molar-refractivity contribution is 8.76. The van der Waals surface area contributed by atoms with E-state index in [-0.39, 0.29) is 22.6 Å². The van der Waals surface area contributed by atoms with E-state index in [1.165, 1.54) is 33.7 Å². The van der Waals surface area contributed by atoms with E-state index in [0.29, 0.717) is 24.5 Å². The van der Waals surface area contributed by atoms with Crippen LogP contribution >= 0.6 is 21.6 Å². The summed E-state index contributed by atoms with van der Waals surface area (Å²) in [7, 11) is -0.560. The van der Waals surface area contributed by atoms with Gasteiger partial charge in [-0.3, -0.25) is 9.59 Å². The van der Waals surface area contributed by atoms with E-state index >= 15 is 0 Å². The summed E-state index contributed by atoms with van der Waals surface area (Å²) in [4.78, 5) is 31.5. The summed E-state index contributed by atoms with van der Waals surface area (Å²) < 4.78 is 56.2. The number of hydrogen-bond acceptors (Lipinski definition) is 7. The SMILES string of the molecule is CCCS(=O)(=O)c1ccccc1C(=O)NCCSSCCC(=O)O.O=C(O)C(F)(F)F. The molecule has 0 bridgehead atoms. The molecule has 0 saturated carbocycles. The van der Waals surface area contributed by atoms with Crippen LogP contribution in [0.5, 0.6) is 0 Å². The molecule has 176 valence electrons. The van der Waals surface area contributed by atoms with Gasteiger partial charge in [0.1, 0.15) is 0 Å². The molecule has 1 rings (SSSR count). The van der Waals surface area contributed by atoms with Crippen molar-refractivity contribution in [2.45, 2.75) is 30.8 Å². The molecule has 0 atom stereocenters. The second-order valence-electron chi connectivity index (χ2n) is 5.66. The largest absolute Gasteiger partial charge is 0.490 e. The fraction of sp³-hybridized carbons (Fsp3) is 0.471. The van der Waals surface area contributed by atoms with Crippen LogP contribution in [0.15, 0.2) is 29.2 Å². The Hall–Kier alpha value is -1.93. The number of benzene rings is 1. The monoisotopic (exact) mass is 505 g/mol. The Morgan fingerprint density at radius 1 is 1.06 bits per heavy atom. The molecule has 0 aromatic heterocycles. The van der Waals surface area contributed by atoms with Gasteiger partial charge >= 0.3 is 18.1 Å². The van der Waals surface area contributed by atoms with Crippen LogP contribution in [0.3, 0.4) is 0 Å². The molecule has 0 saturated heterocycles. The van der Waals surface area contributed by atoms with Gasteiger partial charge in [-0.25, -0.2) is 13.2 Å². The second kappa shape index (κ2) is 14.2. The number of alkyl halides is 3. The van der Waals surface area contributed by atoms with Crippen molar-refractivity contribution in [1.82, 2.24) is 5.32 Å². The van der Waals surface area contributed by atoms with Crippen molar-refractivity contribution in [2.75, 3.05) is 23.8 Å². The topological polar surface area (TPSA) is 138 Å². The summed E-state index contributed by atoms with van der Waals surface area (Å²) >= 11 is 0. The molecule has 1 amide bonds. The Balaban J connectivity index is 0.00000110. The number of halogens is 3. The Kier molecular flexibility index (Phi) is 13.3. The van der Waals surface area contributed by atoms with Gasteiger partial charge < -0.3 is 15.5 Å². The van der Waals surface area contributed by atoms with Crippen molar-refractivity contribution in [3.05, 3.63) is 29.8 Å². The number of sulfone groups is 1. The maximum absolute atomic E-state index is 12.2. The summed E-state index contributed by atoms with van der Waals surface area (Å²) in [5.74, 6) is -2.88. The van der Waals surface area contributed by atoms with Crippen LogP contribution in [-0.4, -0.2) is 66.5 Å². The van der Waals surface area contributed by atoms with Gasteiger partial charge in [-0.05, 0) is 18.6 Å². The molecule has 0 aliphatic carbocycles. The number of carbonyl (C=O) groups excluding carboxylic acids is 1. The smallest absolute Gasteiger partial charge is 0.481 e. The minimum absolute atomic E-state index is 0.00730. The predicted molar refractivity (Wildman–Crippen MR) is 112 cm³/mol. The van der Waals surface area contributed by atoms with Crippen LogP contribution in [0.4, 0.5) is 13.2 Å². The first-order valence-corrected chi connectivity index (χ1v) is 12.8. The first-order chi connectivity index (χ1) is 14.3. The van der Waals surface area contributed by atoms with Crippen molar-refractivity contribution in [3.8, 4) is 0 Å². The summed E-state index contributed by atoms with van der Waals surface area (Å²) in [6, 6.07) is 6.20. The summed E-state index contributed by atoms with van der Waals surface area (Å²) in [6.07, 6.45) is -4.49. The van der Waals surface area contributed by atoms with Crippen molar-refractivity contribution >= 4 is 49.3 Å². The Labute approximate surface area is 185 Å². The van der Waals surface area contributed by atoms with Gasteiger partial charge in [-0.15, -0.1) is 0 Å². The van der Waals surface area contributed by atoms with Gasteiger partial charge in [0.05, 0.1) is 22.6 Å². The summed E-state index contributed by atoms with van der Waals surface area (Å²) in [5, 5.41) is 18.3. The molecule has 31 heavy (non-hydrogen) atoms. The van der Waals surface area contributed by atoms with Gasteiger partial charge in [0.2, 0.25) is 0 Å². The number of carboxylic acid groups (broad SMARTS) is 2. The van der Waals surface area contributed by atoms with Gasteiger partial charge in [0.15, 0.2) is 9.84 Å². The standard InChI is InChI=1S/C15H21NO5S3.C2HF3O2/c1-2-11-24(20,21)13-6-4-3-5-12(13)15(19)16-8-10-23-22-9-7-14(17)18;3-2(4,5)1(6)7/h3-6H,2,7-11H2,1H3,(H,16,19)(H,17,18);(H,6,7). The van der Waals surface area contributed by atoms with Crippen molar-refractivity contribution < 1.29 is 46.2 Å². The Morgan fingerprint density at radius 2 is 1.61 bits per heavy atom. The molecule has 0 radical (unpaired) electrons. The maximum atomic E-state index is 12.2. The third kappa shape index (κ3) is 12.5. The minimum Gasteiger partial charge on any atom is -0.481 e. The Bertz CT molecular complexity index is 846. The fourth-order valence-corrected chi connectivity index (χ4v) is 5.28. The molecule has 0 spiro atoms. The number of carboxylic acids is 2. The highest BCUT2D eigenvalue weighted by Gasteiger charge is 2.38. The zero-order valence-corrected chi connectivity index (χ0v) is 18.8. The molecule has 8 nitrogen and oxygen atoms in total. The molecule has 1 aromatic rings. The number of aliphatic carboxylic acids is 2. The number of nitrogens with one attached hydrogen (secondary N) is 1. The lowest BCUT2D eigenvalue weighted by molar-refractivity contribution is -0.192. The average Bonchev–Trinajstić information content (AvgIpc) is 2.66. The molecular formula is C17H22F3NO7S3. The summed E-state index contributed by atoms with van der Waals surface area (Å²) in [6.45, 7) is 2.16. The van der Waals surface area contributed by atoms with Gasteiger partial charge in [0, 0.05) is 18.1 Å². The van der Waals surface area contributed by atoms with Crippen LogP contribution in [0.25, 0.3) is 0 Å². The van der Waals surface area contributed by atoms with Crippen molar-refractivity contribution in [1.29, 1.82) is 0 Å². The molecule has 0 heterocycles. The van der Waals surface area contributed by atoms with Gasteiger partial charge in [0.25, 0.3) is 5.91 Å². The van der Waals surface area contributed by atoms with Gasteiger partial charge in [-0.1, -0.05) is 40.6 Å². The number of carbonyl (C=O) groups is 3. The average molecular weight is 506 g/mol. The Morgan fingerprint density at radius 3 is 2.13 bits per heavy atom. The van der Waals surface area contributed by atoms with E-state index in [1.807, 2.05) is 0 Å². The van der Waals surface area contributed by atoms with Crippen LogP contribution in [0.1, 0.15) is 30.1 Å². The lowest BCUT2D eigenvalue weighted by Gasteiger charge is -2.10. The molecule has 0 fully saturated rings. The van der Waals surface area contributed by atoms with E-state index in [4.69, 9.17) is 15.0 Å². The molecular weight excluding hydrogens is 483 g/mol. The van der Waals surface area contributed by atoms with Crippen LogP contribution in [0, 0.1) is 0 Å². The highest BCUT2D eigenvalue weighted by atomic mass is 33.1. The molecule has 1 aromatic carbocycles. The molecule has 0 aliphatic heterocycles. The normalized spacial score (nSPS) is 11.2. The zero-order valence-electron chi connectivity index (χ0n) is 16.3. The third-order valence-corrected chi connectivity index (χ3v) is 7.52. The number of hydrogen-bond donors (Lipinski definition) is 3. The maximum Gasteiger partial charge on any atom is 0.490 e. The van der Waals surface area contributed by atoms with Crippen LogP contribution in [-0.2, 0) is 19.4 Å². The number of rotatable bonds is 11. The quantitative estimate of drug-likeness (QED) is 0.306. The van der Waals surface area contributed by atoms with E-state index in [2.05, 4.69) is 5.32 Å². The first kappa shape index (κ1) is 29.1. The lowest BCUT2D eigenvalue weighted by atomic mass is 10.2. The fourth-order valence-electron chi connectivity index (χ4n) is 1.85. The zero-order chi connectivity index (χ0) is 24.1. The van der Waals surface area contributed by atoms with E-state index in [9.17, 15) is 31.2 Å². The molecule has 0 unspecified atom stereocenters. The lowest BCUT2D eigenvalue weighted by Crippen LogP contribution is -2.27. The number of amides is 1. The predicted octanol–water partition coefficient (Wildman–Crippen LogP) is 3.09. The highest BCUT2D eigenvalue weighted by Crippen LogP contribution is 2.21.